The van der Waals surface area contributed by atoms with E-state index in [1.54, 1.807) is 27.7 Å². The van der Waals surface area contributed by atoms with E-state index in [-0.39, 0.29) is 24.8 Å². The number of rotatable bonds is 6. The van der Waals surface area contributed by atoms with Crippen LogP contribution in [0.15, 0.2) is 0 Å². The fraction of sp³-hybridized carbons (Fsp3) is 0.889. The molecule has 14 heavy (non-hydrogen) atoms. The van der Waals surface area contributed by atoms with Crippen molar-refractivity contribution in [1.82, 2.24) is 0 Å². The Bertz CT molecular complexity index is 231. The van der Waals surface area contributed by atoms with Gasteiger partial charge in [0.1, 0.15) is 0 Å². The Morgan fingerprint density at radius 1 is 1.21 bits per heavy atom. The van der Waals surface area contributed by atoms with Gasteiger partial charge in [-0.1, -0.05) is 0 Å². The third kappa shape index (κ3) is 6.15. The van der Waals surface area contributed by atoms with Crippen molar-refractivity contribution in [2.24, 2.45) is 0 Å². The Balaban J connectivity index is 4.35. The maximum absolute atomic E-state index is 12.0. The van der Waals surface area contributed by atoms with E-state index >= 15 is 0 Å². The smallest absolute Gasteiger partial charge is 0.306 e. The van der Waals surface area contributed by atoms with Crippen LogP contribution < -0.4 is 0 Å². The average Bonchev–Trinajstić information content (AvgIpc) is 1.97. The van der Waals surface area contributed by atoms with Crippen LogP contribution >= 0.6 is 7.60 Å². The van der Waals surface area contributed by atoms with E-state index in [0.29, 0.717) is 0 Å². The van der Waals surface area contributed by atoms with Crippen molar-refractivity contribution in [3.63, 3.8) is 0 Å². The van der Waals surface area contributed by atoms with E-state index in [4.69, 9.17) is 14.3 Å². The van der Waals surface area contributed by atoms with Gasteiger partial charge in [0.2, 0.25) is 0 Å². The molecule has 0 bridgehead atoms. The molecule has 0 aromatic rings. The summed E-state index contributed by atoms with van der Waals surface area (Å²) in [5.74, 6) is 0. The van der Waals surface area contributed by atoms with Gasteiger partial charge in [0, 0.05) is 6.42 Å². The van der Waals surface area contributed by atoms with Gasteiger partial charge in [0.15, 0.2) is 0 Å². The quantitative estimate of drug-likeness (QED) is 0.644. The Morgan fingerprint density at radius 2 is 1.64 bits per heavy atom. The molecule has 0 N–H and O–H groups in total. The lowest BCUT2D eigenvalue weighted by atomic mass is 10.5. The highest BCUT2D eigenvalue weighted by Gasteiger charge is 2.26. The molecule has 0 heterocycles. The van der Waals surface area contributed by atoms with Crippen LogP contribution in [0.25, 0.3) is 0 Å². The Hall–Kier alpha value is -0.360. The summed E-state index contributed by atoms with van der Waals surface area (Å²) >= 11 is 0. The van der Waals surface area contributed by atoms with Crippen LogP contribution in [0.4, 0.5) is 0 Å². The van der Waals surface area contributed by atoms with Crippen LogP contribution in [0, 0.1) is 11.3 Å². The molecule has 0 aromatic carbocycles. The maximum Gasteiger partial charge on any atom is 0.332 e. The molecule has 0 spiro atoms. The van der Waals surface area contributed by atoms with Crippen LogP contribution in [-0.2, 0) is 13.6 Å². The first-order valence-corrected chi connectivity index (χ1v) is 6.45. The highest BCUT2D eigenvalue weighted by molar-refractivity contribution is 7.53. The minimum atomic E-state index is -3.07. The third-order valence-corrected chi connectivity index (χ3v) is 3.50. The zero-order valence-electron chi connectivity index (χ0n) is 9.19. The normalized spacial score (nSPS) is 12.1. The van der Waals surface area contributed by atoms with E-state index in [2.05, 4.69) is 0 Å². The van der Waals surface area contributed by atoms with E-state index in [1.807, 2.05) is 6.07 Å². The van der Waals surface area contributed by atoms with Gasteiger partial charge in [-0.05, 0) is 27.7 Å². The van der Waals surface area contributed by atoms with Crippen molar-refractivity contribution < 1.29 is 13.6 Å². The summed E-state index contributed by atoms with van der Waals surface area (Å²) < 4.78 is 22.5. The molecule has 0 atom stereocenters. The molecular formula is C9H18NO3P. The topological polar surface area (TPSA) is 59.3 Å². The largest absolute Gasteiger partial charge is 0.332 e. The number of hydrogen-bond donors (Lipinski definition) is 0. The van der Waals surface area contributed by atoms with Gasteiger partial charge < -0.3 is 9.05 Å². The molecule has 0 rings (SSSR count). The van der Waals surface area contributed by atoms with E-state index < -0.39 is 7.60 Å². The Kier molecular flexibility index (Phi) is 6.03. The second-order valence-corrected chi connectivity index (χ2v) is 5.64. The maximum atomic E-state index is 12.0. The summed E-state index contributed by atoms with van der Waals surface area (Å²) in [6.07, 6.45) is 0.0490. The molecule has 0 radical (unpaired) electrons. The fourth-order valence-electron chi connectivity index (χ4n) is 0.960. The minimum absolute atomic E-state index is 0.154. The minimum Gasteiger partial charge on any atom is -0.306 e. The summed E-state index contributed by atoms with van der Waals surface area (Å²) in [6, 6.07) is 1.94. The van der Waals surface area contributed by atoms with Crippen LogP contribution in [-0.4, -0.2) is 18.4 Å². The van der Waals surface area contributed by atoms with Crippen molar-refractivity contribution in [2.45, 2.75) is 46.3 Å². The predicted molar refractivity (Wildman–Crippen MR) is 55.1 cm³/mol. The van der Waals surface area contributed by atoms with Crippen molar-refractivity contribution in [3.8, 4) is 6.07 Å². The van der Waals surface area contributed by atoms with Gasteiger partial charge in [0.05, 0.1) is 24.4 Å². The lowest BCUT2D eigenvalue weighted by Crippen LogP contribution is -2.10. The molecule has 0 aliphatic rings. The summed E-state index contributed by atoms with van der Waals surface area (Å²) in [7, 11) is -3.07. The van der Waals surface area contributed by atoms with Gasteiger partial charge in [0.25, 0.3) is 0 Å². The zero-order chi connectivity index (χ0) is 11.2. The molecule has 0 aromatic heterocycles. The lowest BCUT2D eigenvalue weighted by Gasteiger charge is -2.21. The van der Waals surface area contributed by atoms with E-state index in [1.165, 1.54) is 0 Å². The fourth-order valence-corrected chi connectivity index (χ4v) is 2.88. The molecule has 0 unspecified atom stereocenters. The van der Waals surface area contributed by atoms with Crippen LogP contribution in [0.2, 0.25) is 0 Å². The van der Waals surface area contributed by atoms with E-state index in [0.717, 1.165) is 0 Å². The van der Waals surface area contributed by atoms with E-state index in [9.17, 15) is 4.57 Å². The molecule has 0 fully saturated rings. The molecular weight excluding hydrogens is 201 g/mol. The molecule has 0 amide bonds. The van der Waals surface area contributed by atoms with Crippen LogP contribution in [0.1, 0.15) is 34.1 Å². The van der Waals surface area contributed by atoms with Crippen LogP contribution in [0.3, 0.4) is 0 Å². The van der Waals surface area contributed by atoms with Crippen molar-refractivity contribution in [3.05, 3.63) is 0 Å². The molecule has 5 heteroatoms. The van der Waals surface area contributed by atoms with Gasteiger partial charge in [-0.25, -0.2) is 0 Å². The lowest BCUT2D eigenvalue weighted by molar-refractivity contribution is 0.143. The first-order valence-electron chi connectivity index (χ1n) is 4.72. The van der Waals surface area contributed by atoms with Gasteiger partial charge in [-0.2, -0.15) is 5.26 Å². The number of nitrogens with zero attached hydrogens (tertiary/aromatic N) is 1. The standard InChI is InChI=1S/C9H18NO3P/c1-8(2)12-14(11,7-5-6-10)13-9(3)4/h8-9H,5,7H2,1-4H3. The van der Waals surface area contributed by atoms with Crippen molar-refractivity contribution in [2.75, 3.05) is 6.16 Å². The predicted octanol–water partition coefficient (Wildman–Crippen LogP) is 2.94. The second kappa shape index (κ2) is 6.19. The molecule has 0 aliphatic heterocycles. The number of nitriles is 1. The van der Waals surface area contributed by atoms with Gasteiger partial charge >= 0.3 is 7.60 Å². The monoisotopic (exact) mass is 219 g/mol. The summed E-state index contributed by atoms with van der Waals surface area (Å²) in [5, 5.41) is 8.42. The Morgan fingerprint density at radius 3 is 1.93 bits per heavy atom. The zero-order valence-corrected chi connectivity index (χ0v) is 10.1. The summed E-state index contributed by atoms with van der Waals surface area (Å²) in [4.78, 5) is 0. The summed E-state index contributed by atoms with van der Waals surface area (Å²) in [5.41, 5.74) is 0. The molecule has 0 aliphatic carbocycles. The van der Waals surface area contributed by atoms with Crippen molar-refractivity contribution in [1.29, 1.82) is 5.26 Å². The van der Waals surface area contributed by atoms with Crippen LogP contribution in [0.5, 0.6) is 0 Å². The van der Waals surface area contributed by atoms with Gasteiger partial charge in [-0.15, -0.1) is 0 Å². The first kappa shape index (κ1) is 13.6. The molecule has 4 nitrogen and oxygen atoms in total. The molecule has 82 valence electrons. The average molecular weight is 219 g/mol. The molecule has 0 saturated heterocycles. The molecule has 0 saturated carbocycles. The summed E-state index contributed by atoms with van der Waals surface area (Å²) in [6.45, 7) is 7.18. The first-order chi connectivity index (χ1) is 6.39. The second-order valence-electron chi connectivity index (χ2n) is 3.55. The highest BCUT2D eigenvalue weighted by Crippen LogP contribution is 2.50. The number of hydrogen-bond acceptors (Lipinski definition) is 4. The van der Waals surface area contributed by atoms with Crippen molar-refractivity contribution >= 4 is 7.60 Å². The third-order valence-electron chi connectivity index (χ3n) is 1.24. The Labute approximate surface area is 85.7 Å². The van der Waals surface area contributed by atoms with Gasteiger partial charge in [-0.3, -0.25) is 4.57 Å². The SMILES string of the molecule is CC(C)OP(=O)(CCC#N)OC(C)C. The highest BCUT2D eigenvalue weighted by atomic mass is 31.2.